The molecule has 2 aromatic rings. The van der Waals surface area contributed by atoms with Gasteiger partial charge in [0, 0.05) is 18.6 Å². The summed E-state index contributed by atoms with van der Waals surface area (Å²) < 4.78 is 1.90. The highest BCUT2D eigenvalue weighted by molar-refractivity contribution is 5.82. The largest absolute Gasteiger partial charge is 0.275 e. The number of hydrogen-bond donors (Lipinski definition) is 0. The first kappa shape index (κ1) is 10.2. The van der Waals surface area contributed by atoms with Crippen LogP contribution < -0.4 is 0 Å². The molecule has 0 aliphatic heterocycles. The third-order valence-corrected chi connectivity index (χ3v) is 2.84. The molecule has 2 rings (SSSR count). The van der Waals surface area contributed by atoms with Crippen molar-refractivity contribution in [3.8, 4) is 0 Å². The molecule has 0 spiro atoms. The summed E-state index contributed by atoms with van der Waals surface area (Å²) in [5.74, 6) is 0.536. The van der Waals surface area contributed by atoms with E-state index in [4.69, 9.17) is 0 Å². The summed E-state index contributed by atoms with van der Waals surface area (Å²) in [7, 11) is 1.98. The van der Waals surface area contributed by atoms with Gasteiger partial charge in [0.2, 0.25) is 0 Å². The van der Waals surface area contributed by atoms with Gasteiger partial charge in [0.25, 0.3) is 0 Å². The van der Waals surface area contributed by atoms with Crippen LogP contribution in [0.3, 0.4) is 0 Å². The summed E-state index contributed by atoms with van der Waals surface area (Å²) in [6.07, 6.45) is 3.19. The van der Waals surface area contributed by atoms with E-state index < -0.39 is 0 Å². The molecule has 0 saturated heterocycles. The number of aromatic nitrogens is 2. The van der Waals surface area contributed by atoms with E-state index in [0.29, 0.717) is 5.92 Å². The molecule has 0 fully saturated rings. The molecule has 0 bridgehead atoms. The number of fused-ring (bicyclic) bond motifs is 1. The number of aryl methyl sites for hydroxylation is 2. The molecule has 0 N–H and O–H groups in total. The predicted molar refractivity (Wildman–Crippen MR) is 64.2 cm³/mol. The van der Waals surface area contributed by atoms with E-state index in [0.717, 1.165) is 11.9 Å². The lowest BCUT2D eigenvalue weighted by molar-refractivity contribution is 0.773. The van der Waals surface area contributed by atoms with Crippen molar-refractivity contribution in [3.63, 3.8) is 0 Å². The summed E-state index contributed by atoms with van der Waals surface area (Å²) in [4.78, 5) is 0. The molecule has 1 aromatic heterocycles. The highest BCUT2D eigenvalue weighted by Crippen LogP contribution is 2.26. The van der Waals surface area contributed by atoms with Crippen LogP contribution in [0.25, 0.3) is 10.9 Å². The van der Waals surface area contributed by atoms with Crippen LogP contribution in [-0.2, 0) is 13.5 Å². The standard InChI is InChI=1S/C13H18N2/c1-5-10-6-11-8-15(4)14-13(11)12(7-10)9(2)3/h6-9H,5H2,1-4H3. The Kier molecular flexibility index (Phi) is 2.51. The zero-order valence-corrected chi connectivity index (χ0v) is 9.91. The van der Waals surface area contributed by atoms with Crippen LogP contribution in [0.5, 0.6) is 0 Å². The molecule has 0 atom stereocenters. The molecule has 0 aliphatic carbocycles. The monoisotopic (exact) mass is 202 g/mol. The molecule has 2 nitrogen and oxygen atoms in total. The Bertz CT molecular complexity index is 480. The van der Waals surface area contributed by atoms with E-state index in [1.54, 1.807) is 0 Å². The zero-order chi connectivity index (χ0) is 11.0. The van der Waals surface area contributed by atoms with Crippen LogP contribution in [0.1, 0.15) is 37.8 Å². The van der Waals surface area contributed by atoms with E-state index in [9.17, 15) is 0 Å². The second kappa shape index (κ2) is 3.69. The normalized spacial score (nSPS) is 11.5. The fourth-order valence-electron chi connectivity index (χ4n) is 1.99. The van der Waals surface area contributed by atoms with Gasteiger partial charge in [0.05, 0.1) is 5.52 Å². The van der Waals surface area contributed by atoms with Crippen LogP contribution in [0, 0.1) is 0 Å². The van der Waals surface area contributed by atoms with Gasteiger partial charge in [0.1, 0.15) is 0 Å². The van der Waals surface area contributed by atoms with Gasteiger partial charge >= 0.3 is 0 Å². The van der Waals surface area contributed by atoms with Crippen molar-refractivity contribution in [2.45, 2.75) is 33.1 Å². The lowest BCUT2D eigenvalue weighted by Gasteiger charge is -2.08. The van der Waals surface area contributed by atoms with Crippen molar-refractivity contribution in [1.29, 1.82) is 0 Å². The molecule has 15 heavy (non-hydrogen) atoms. The molecular weight excluding hydrogens is 184 g/mol. The highest BCUT2D eigenvalue weighted by Gasteiger charge is 2.09. The Morgan fingerprint density at radius 3 is 2.67 bits per heavy atom. The molecular formula is C13H18N2. The van der Waals surface area contributed by atoms with Crippen molar-refractivity contribution in [1.82, 2.24) is 9.78 Å². The van der Waals surface area contributed by atoms with Crippen molar-refractivity contribution >= 4 is 10.9 Å². The van der Waals surface area contributed by atoms with Crippen molar-refractivity contribution < 1.29 is 0 Å². The summed E-state index contributed by atoms with van der Waals surface area (Å²) in [5, 5.41) is 5.79. The van der Waals surface area contributed by atoms with Gasteiger partial charge in [-0.3, -0.25) is 4.68 Å². The van der Waals surface area contributed by atoms with Crippen LogP contribution in [0.15, 0.2) is 18.3 Å². The Morgan fingerprint density at radius 2 is 2.07 bits per heavy atom. The first-order valence-electron chi connectivity index (χ1n) is 5.58. The maximum Gasteiger partial charge on any atom is 0.0957 e. The van der Waals surface area contributed by atoms with E-state index in [1.807, 2.05) is 11.7 Å². The molecule has 80 valence electrons. The molecule has 2 heteroatoms. The number of benzene rings is 1. The van der Waals surface area contributed by atoms with E-state index in [-0.39, 0.29) is 0 Å². The first-order valence-corrected chi connectivity index (χ1v) is 5.58. The highest BCUT2D eigenvalue weighted by atomic mass is 15.2. The van der Waals surface area contributed by atoms with Crippen LogP contribution in [0.2, 0.25) is 0 Å². The van der Waals surface area contributed by atoms with Gasteiger partial charge in [-0.2, -0.15) is 5.10 Å². The molecule has 0 amide bonds. The van der Waals surface area contributed by atoms with Crippen LogP contribution in [-0.4, -0.2) is 9.78 Å². The third kappa shape index (κ3) is 1.76. The molecule has 0 unspecified atom stereocenters. The molecule has 0 aliphatic rings. The van der Waals surface area contributed by atoms with Gasteiger partial charge in [0.15, 0.2) is 0 Å². The minimum Gasteiger partial charge on any atom is -0.275 e. The van der Waals surface area contributed by atoms with Crippen LogP contribution >= 0.6 is 0 Å². The number of nitrogens with zero attached hydrogens (tertiary/aromatic N) is 2. The SMILES string of the molecule is CCc1cc(C(C)C)c2nn(C)cc2c1. The summed E-state index contributed by atoms with van der Waals surface area (Å²) in [6, 6.07) is 4.54. The van der Waals surface area contributed by atoms with Crippen LogP contribution in [0.4, 0.5) is 0 Å². The fourth-order valence-corrected chi connectivity index (χ4v) is 1.99. The van der Waals surface area contributed by atoms with Gasteiger partial charge in [-0.1, -0.05) is 26.8 Å². The lowest BCUT2D eigenvalue weighted by atomic mass is 9.97. The van der Waals surface area contributed by atoms with Gasteiger partial charge < -0.3 is 0 Å². The quantitative estimate of drug-likeness (QED) is 0.731. The van der Waals surface area contributed by atoms with E-state index in [1.165, 1.54) is 16.5 Å². The number of rotatable bonds is 2. The molecule has 1 heterocycles. The van der Waals surface area contributed by atoms with Crippen molar-refractivity contribution in [2.75, 3.05) is 0 Å². The minimum atomic E-state index is 0.536. The Morgan fingerprint density at radius 1 is 1.33 bits per heavy atom. The van der Waals surface area contributed by atoms with E-state index >= 15 is 0 Å². The Balaban J connectivity index is 2.73. The average molecular weight is 202 g/mol. The fraction of sp³-hybridized carbons (Fsp3) is 0.462. The zero-order valence-electron chi connectivity index (χ0n) is 9.91. The van der Waals surface area contributed by atoms with E-state index in [2.05, 4.69) is 44.2 Å². The van der Waals surface area contributed by atoms with Gasteiger partial charge in [-0.15, -0.1) is 0 Å². The van der Waals surface area contributed by atoms with Gasteiger partial charge in [-0.25, -0.2) is 0 Å². The number of hydrogen-bond acceptors (Lipinski definition) is 1. The third-order valence-electron chi connectivity index (χ3n) is 2.84. The minimum absolute atomic E-state index is 0.536. The molecule has 0 saturated carbocycles. The summed E-state index contributed by atoms with van der Waals surface area (Å²) >= 11 is 0. The first-order chi connectivity index (χ1) is 7.11. The van der Waals surface area contributed by atoms with Crippen molar-refractivity contribution in [2.24, 2.45) is 7.05 Å². The smallest absolute Gasteiger partial charge is 0.0957 e. The average Bonchev–Trinajstić information content (AvgIpc) is 2.55. The maximum absolute atomic E-state index is 4.53. The maximum atomic E-state index is 4.53. The van der Waals surface area contributed by atoms with Gasteiger partial charge in [-0.05, 0) is 29.5 Å². The predicted octanol–water partition coefficient (Wildman–Crippen LogP) is 3.26. The Labute approximate surface area is 90.9 Å². The summed E-state index contributed by atoms with van der Waals surface area (Å²) in [5.41, 5.74) is 3.92. The summed E-state index contributed by atoms with van der Waals surface area (Å²) in [6.45, 7) is 6.65. The topological polar surface area (TPSA) is 17.8 Å². The lowest BCUT2D eigenvalue weighted by Crippen LogP contribution is -1.93. The van der Waals surface area contributed by atoms with Crippen molar-refractivity contribution in [3.05, 3.63) is 29.5 Å². The Hall–Kier alpha value is -1.31. The second-order valence-corrected chi connectivity index (χ2v) is 4.43. The molecule has 0 radical (unpaired) electrons. The second-order valence-electron chi connectivity index (χ2n) is 4.43. The molecule has 1 aromatic carbocycles.